The molecule has 224 valence electrons. The van der Waals surface area contributed by atoms with Crippen LogP contribution in [-0.2, 0) is 17.1 Å². The molecule has 1 saturated heterocycles. The van der Waals surface area contributed by atoms with Gasteiger partial charge in [0.25, 0.3) is 0 Å². The smallest absolute Gasteiger partial charge is 0.384 e. The van der Waals surface area contributed by atoms with Crippen LogP contribution in [0.3, 0.4) is 0 Å². The summed E-state index contributed by atoms with van der Waals surface area (Å²) < 4.78 is 120. The highest BCUT2D eigenvalue weighted by Gasteiger charge is 2.63. The van der Waals surface area contributed by atoms with Crippen molar-refractivity contribution in [3.63, 3.8) is 0 Å². The van der Waals surface area contributed by atoms with E-state index in [0.717, 1.165) is 24.1 Å². The standard InChI is InChI=1S/C27H32F9N3O/c28-25(29,30)20-13-19(14-21(15-20)26(31,32)33)22(18-3-1-4-18)38-16-17-5-10-39(11-6-17)12-9-37-23(40)24(7-2-8-24)27(34,35)36/h13-15,17,38H,1-12,16H2,(H,37,40). The highest BCUT2D eigenvalue weighted by Crippen LogP contribution is 2.53. The molecule has 0 bridgehead atoms. The van der Waals surface area contributed by atoms with Gasteiger partial charge in [0.15, 0.2) is 0 Å². The third-order valence-electron chi connectivity index (χ3n) is 8.36. The number of benzene rings is 1. The van der Waals surface area contributed by atoms with Gasteiger partial charge in [-0.15, -0.1) is 0 Å². The van der Waals surface area contributed by atoms with Gasteiger partial charge in [-0.25, -0.2) is 0 Å². The Morgan fingerprint density at radius 1 is 0.850 bits per heavy atom. The molecule has 4 nitrogen and oxygen atoms in total. The number of rotatable bonds is 8. The molecule has 0 unspecified atom stereocenters. The van der Waals surface area contributed by atoms with E-state index < -0.39 is 41.0 Å². The summed E-state index contributed by atoms with van der Waals surface area (Å²) in [6.45, 7) is 2.07. The van der Waals surface area contributed by atoms with E-state index in [1.807, 2.05) is 4.90 Å². The molecule has 1 aromatic rings. The highest BCUT2D eigenvalue weighted by atomic mass is 19.4. The number of piperidine rings is 1. The number of carbonyl (C=O) groups excluding carboxylic acids is 1. The Balaban J connectivity index is 1.32. The van der Waals surface area contributed by atoms with Crippen LogP contribution in [0, 0.1) is 11.3 Å². The van der Waals surface area contributed by atoms with E-state index in [-0.39, 0.29) is 36.9 Å². The van der Waals surface area contributed by atoms with Crippen LogP contribution in [0.5, 0.6) is 0 Å². The second kappa shape index (κ2) is 11.4. The maximum atomic E-state index is 13.4. The van der Waals surface area contributed by atoms with Crippen LogP contribution in [0.4, 0.5) is 39.5 Å². The van der Waals surface area contributed by atoms with Crippen molar-refractivity contribution in [2.45, 2.75) is 69.9 Å². The van der Waals surface area contributed by atoms with Crippen LogP contribution in [0.2, 0.25) is 0 Å². The van der Waals surface area contributed by atoms with Gasteiger partial charge in [0, 0.05) is 25.3 Å². The Kier molecular flexibility index (Phi) is 8.73. The number of alkyl halides is 9. The van der Waals surface area contributed by atoms with Gasteiger partial charge in [-0.3, -0.25) is 4.79 Å². The van der Waals surface area contributed by atoms with Crippen LogP contribution in [0.15, 0.2) is 23.8 Å². The minimum Gasteiger partial charge on any atom is -0.384 e. The lowest BCUT2D eigenvalue weighted by Gasteiger charge is -2.41. The van der Waals surface area contributed by atoms with Crippen molar-refractivity contribution in [3.8, 4) is 0 Å². The fourth-order valence-corrected chi connectivity index (χ4v) is 5.46. The highest BCUT2D eigenvalue weighted by molar-refractivity contribution is 5.84. The molecule has 0 radical (unpaired) electrons. The maximum absolute atomic E-state index is 13.4. The molecular formula is C27H32F9N3O. The normalized spacial score (nSPS) is 20.5. The summed E-state index contributed by atoms with van der Waals surface area (Å²) in [6, 6.07) is 1.64. The largest absolute Gasteiger partial charge is 0.416 e. The first-order valence-electron chi connectivity index (χ1n) is 13.4. The number of carbonyl (C=O) groups is 1. The van der Waals surface area contributed by atoms with E-state index in [4.69, 9.17) is 0 Å². The van der Waals surface area contributed by atoms with E-state index in [1.165, 1.54) is 0 Å². The number of likely N-dealkylation sites (tertiary alicyclic amines) is 1. The summed E-state index contributed by atoms with van der Waals surface area (Å²) in [5.41, 5.74) is -4.00. The molecule has 1 aliphatic heterocycles. The molecule has 3 aliphatic rings. The van der Waals surface area contributed by atoms with Gasteiger partial charge in [0.2, 0.25) is 5.91 Å². The van der Waals surface area contributed by atoms with Crippen molar-refractivity contribution in [1.82, 2.24) is 15.5 Å². The number of allylic oxidation sites excluding steroid dienone is 1. The molecule has 2 N–H and O–H groups in total. The van der Waals surface area contributed by atoms with Crippen molar-refractivity contribution in [1.29, 1.82) is 0 Å². The van der Waals surface area contributed by atoms with E-state index >= 15 is 0 Å². The van der Waals surface area contributed by atoms with Gasteiger partial charge in [0.05, 0.1) is 11.1 Å². The molecule has 2 aliphatic carbocycles. The molecule has 40 heavy (non-hydrogen) atoms. The van der Waals surface area contributed by atoms with Gasteiger partial charge in [-0.05, 0) is 93.3 Å². The van der Waals surface area contributed by atoms with Crippen LogP contribution in [0.1, 0.15) is 68.1 Å². The number of nitrogens with zero attached hydrogens (tertiary/aromatic N) is 1. The second-order valence-corrected chi connectivity index (χ2v) is 11.0. The number of hydrogen-bond donors (Lipinski definition) is 2. The summed E-state index contributed by atoms with van der Waals surface area (Å²) in [7, 11) is 0. The first kappa shape index (κ1) is 30.5. The lowest BCUT2D eigenvalue weighted by molar-refractivity contribution is -0.243. The fraction of sp³-hybridized carbons (Fsp3) is 0.667. The number of amides is 1. The second-order valence-electron chi connectivity index (χ2n) is 11.0. The van der Waals surface area contributed by atoms with E-state index in [2.05, 4.69) is 10.6 Å². The zero-order valence-corrected chi connectivity index (χ0v) is 21.8. The molecule has 13 heteroatoms. The molecule has 1 heterocycles. The minimum absolute atomic E-state index is 0.0902. The lowest BCUT2D eigenvalue weighted by atomic mass is 9.67. The Morgan fingerprint density at radius 3 is 1.85 bits per heavy atom. The fourth-order valence-electron chi connectivity index (χ4n) is 5.46. The zero-order valence-electron chi connectivity index (χ0n) is 21.8. The van der Waals surface area contributed by atoms with Crippen LogP contribution >= 0.6 is 0 Å². The van der Waals surface area contributed by atoms with Gasteiger partial charge < -0.3 is 15.5 Å². The van der Waals surface area contributed by atoms with E-state index in [9.17, 15) is 44.3 Å². The first-order chi connectivity index (χ1) is 18.6. The number of nitrogens with one attached hydrogen (secondary N) is 2. The quantitative estimate of drug-likeness (QED) is 0.331. The van der Waals surface area contributed by atoms with Crippen molar-refractivity contribution in [3.05, 3.63) is 40.5 Å². The molecule has 1 aromatic carbocycles. The summed E-state index contributed by atoms with van der Waals surface area (Å²) >= 11 is 0. The van der Waals surface area contributed by atoms with Crippen molar-refractivity contribution >= 4 is 11.6 Å². The average Bonchev–Trinajstić information content (AvgIpc) is 2.78. The average molecular weight is 586 g/mol. The molecular weight excluding hydrogens is 553 g/mol. The Morgan fingerprint density at radius 2 is 1.43 bits per heavy atom. The first-order valence-corrected chi connectivity index (χ1v) is 13.4. The van der Waals surface area contributed by atoms with Crippen molar-refractivity contribution in [2.24, 2.45) is 11.3 Å². The van der Waals surface area contributed by atoms with Crippen LogP contribution < -0.4 is 10.6 Å². The summed E-state index contributed by atoms with van der Waals surface area (Å²) in [6.07, 6.45) is -11.1. The predicted molar refractivity (Wildman–Crippen MR) is 130 cm³/mol. The maximum Gasteiger partial charge on any atom is 0.416 e. The molecule has 0 atom stereocenters. The Hall–Kier alpha value is -2.44. The number of halogens is 9. The lowest BCUT2D eigenvalue weighted by Crippen LogP contribution is -2.55. The molecule has 0 aromatic heterocycles. The topological polar surface area (TPSA) is 44.4 Å². The van der Waals surface area contributed by atoms with Crippen molar-refractivity contribution in [2.75, 3.05) is 32.7 Å². The summed E-state index contributed by atoms with van der Waals surface area (Å²) in [5, 5.41) is 5.57. The molecule has 1 amide bonds. The van der Waals surface area contributed by atoms with Crippen LogP contribution in [0.25, 0.3) is 5.70 Å². The summed E-state index contributed by atoms with van der Waals surface area (Å²) in [5.74, 6) is -0.872. The van der Waals surface area contributed by atoms with Gasteiger partial charge in [-0.1, -0.05) is 6.42 Å². The van der Waals surface area contributed by atoms with Crippen molar-refractivity contribution < 1.29 is 44.3 Å². The molecule has 0 spiro atoms. The van der Waals surface area contributed by atoms with Crippen LogP contribution in [-0.4, -0.2) is 49.7 Å². The zero-order chi connectivity index (χ0) is 29.3. The minimum atomic E-state index is -4.93. The predicted octanol–water partition coefficient (Wildman–Crippen LogP) is 6.77. The van der Waals surface area contributed by atoms with Gasteiger partial charge in [0.1, 0.15) is 5.41 Å². The monoisotopic (exact) mass is 585 g/mol. The third-order valence-corrected chi connectivity index (χ3v) is 8.36. The third kappa shape index (κ3) is 6.71. The Bertz CT molecular complexity index is 1060. The molecule has 2 saturated carbocycles. The Labute approximate surface area is 226 Å². The molecule has 4 rings (SSSR count). The molecule has 3 fully saturated rings. The van der Waals surface area contributed by atoms with E-state index in [0.29, 0.717) is 64.0 Å². The summed E-state index contributed by atoms with van der Waals surface area (Å²) in [4.78, 5) is 14.2. The van der Waals surface area contributed by atoms with E-state index in [1.54, 1.807) is 0 Å². The number of hydrogen-bond acceptors (Lipinski definition) is 3. The van der Waals surface area contributed by atoms with Gasteiger partial charge in [-0.2, -0.15) is 39.5 Å². The van der Waals surface area contributed by atoms with Gasteiger partial charge >= 0.3 is 18.5 Å². The SMILES string of the molecule is O=C(NCCN1CCC(CNC(=C2CCC2)c2cc(C(F)(F)F)cc(C(F)(F)F)c2)CC1)C1(C(F)(F)F)CCC1.